The predicted octanol–water partition coefficient (Wildman–Crippen LogP) is 2.75. The summed E-state index contributed by atoms with van der Waals surface area (Å²) >= 11 is 0. The average molecular weight is 276 g/mol. The SMILES string of the molecule is CC(C)(C)OC(=O)NCc1cccc(CC2(N)CC2)c1. The highest BCUT2D eigenvalue weighted by Gasteiger charge is 2.37. The van der Waals surface area contributed by atoms with Crippen LogP contribution in [0, 0.1) is 0 Å². The Kier molecular flexibility index (Phi) is 4.04. The van der Waals surface area contributed by atoms with E-state index in [1.807, 2.05) is 32.9 Å². The van der Waals surface area contributed by atoms with Crippen molar-refractivity contribution in [1.29, 1.82) is 0 Å². The largest absolute Gasteiger partial charge is 0.444 e. The van der Waals surface area contributed by atoms with E-state index in [0.29, 0.717) is 6.54 Å². The van der Waals surface area contributed by atoms with Gasteiger partial charge in [0.1, 0.15) is 5.60 Å². The summed E-state index contributed by atoms with van der Waals surface area (Å²) in [5, 5.41) is 2.77. The van der Waals surface area contributed by atoms with Crippen molar-refractivity contribution in [3.63, 3.8) is 0 Å². The van der Waals surface area contributed by atoms with E-state index in [0.717, 1.165) is 24.8 Å². The summed E-state index contributed by atoms with van der Waals surface area (Å²) in [7, 11) is 0. The quantitative estimate of drug-likeness (QED) is 0.888. The molecular formula is C16H24N2O2. The van der Waals surface area contributed by atoms with Crippen LogP contribution in [0.25, 0.3) is 0 Å². The average Bonchev–Trinajstić information content (AvgIpc) is 3.02. The molecule has 3 N–H and O–H groups in total. The highest BCUT2D eigenvalue weighted by molar-refractivity contribution is 5.67. The fourth-order valence-corrected chi connectivity index (χ4v) is 2.08. The first-order chi connectivity index (χ1) is 9.26. The Bertz CT molecular complexity index is 487. The molecule has 0 spiro atoms. The molecule has 1 aliphatic carbocycles. The fraction of sp³-hybridized carbons (Fsp3) is 0.562. The fourth-order valence-electron chi connectivity index (χ4n) is 2.08. The van der Waals surface area contributed by atoms with E-state index in [-0.39, 0.29) is 11.6 Å². The summed E-state index contributed by atoms with van der Waals surface area (Å²) in [6, 6.07) is 8.19. The number of hydrogen-bond acceptors (Lipinski definition) is 3. The highest BCUT2D eigenvalue weighted by atomic mass is 16.6. The Hall–Kier alpha value is -1.55. The standard InChI is InChI=1S/C16H24N2O2/c1-15(2,3)20-14(19)18-11-13-6-4-5-12(9-13)10-16(17)7-8-16/h4-6,9H,7-8,10-11,17H2,1-3H3,(H,18,19). The molecule has 1 aromatic rings. The number of carbonyl (C=O) groups excluding carboxylic acids is 1. The molecule has 20 heavy (non-hydrogen) atoms. The summed E-state index contributed by atoms with van der Waals surface area (Å²) in [4.78, 5) is 11.6. The van der Waals surface area contributed by atoms with Gasteiger partial charge >= 0.3 is 6.09 Å². The molecular weight excluding hydrogens is 252 g/mol. The molecule has 0 unspecified atom stereocenters. The Morgan fingerprint density at radius 1 is 1.35 bits per heavy atom. The summed E-state index contributed by atoms with van der Waals surface area (Å²) < 4.78 is 5.21. The van der Waals surface area contributed by atoms with Gasteiger partial charge in [0.15, 0.2) is 0 Å². The Labute approximate surface area is 120 Å². The summed E-state index contributed by atoms with van der Waals surface area (Å²) in [5.74, 6) is 0. The molecule has 1 fully saturated rings. The minimum atomic E-state index is -0.468. The number of amides is 1. The zero-order chi connectivity index (χ0) is 14.8. The zero-order valence-electron chi connectivity index (χ0n) is 12.5. The maximum Gasteiger partial charge on any atom is 0.407 e. The summed E-state index contributed by atoms with van der Waals surface area (Å²) in [5.41, 5.74) is 7.97. The van der Waals surface area contributed by atoms with Gasteiger partial charge in [0.05, 0.1) is 0 Å². The minimum Gasteiger partial charge on any atom is -0.444 e. The van der Waals surface area contributed by atoms with Crippen molar-refractivity contribution in [1.82, 2.24) is 5.32 Å². The molecule has 1 aromatic carbocycles. The monoisotopic (exact) mass is 276 g/mol. The topological polar surface area (TPSA) is 64.3 Å². The lowest BCUT2D eigenvalue weighted by Crippen LogP contribution is -2.32. The number of benzene rings is 1. The maximum absolute atomic E-state index is 11.6. The van der Waals surface area contributed by atoms with E-state index in [9.17, 15) is 4.79 Å². The third-order valence-corrected chi connectivity index (χ3v) is 3.28. The van der Waals surface area contributed by atoms with Gasteiger partial charge in [-0.1, -0.05) is 24.3 Å². The van der Waals surface area contributed by atoms with Crippen molar-refractivity contribution in [2.24, 2.45) is 5.73 Å². The molecule has 1 saturated carbocycles. The smallest absolute Gasteiger partial charge is 0.407 e. The number of nitrogens with two attached hydrogens (primary N) is 1. The van der Waals surface area contributed by atoms with Crippen molar-refractivity contribution >= 4 is 6.09 Å². The molecule has 1 amide bonds. The van der Waals surface area contributed by atoms with Crippen LogP contribution in [-0.4, -0.2) is 17.2 Å². The van der Waals surface area contributed by atoms with Crippen molar-refractivity contribution in [2.45, 2.75) is 57.7 Å². The van der Waals surface area contributed by atoms with E-state index in [4.69, 9.17) is 10.5 Å². The van der Waals surface area contributed by atoms with E-state index < -0.39 is 5.60 Å². The maximum atomic E-state index is 11.6. The second-order valence-corrected chi connectivity index (χ2v) is 6.71. The molecule has 0 aliphatic heterocycles. The van der Waals surface area contributed by atoms with Crippen LogP contribution in [-0.2, 0) is 17.7 Å². The first-order valence-electron chi connectivity index (χ1n) is 7.09. The minimum absolute atomic E-state index is 0.0111. The molecule has 0 aromatic heterocycles. The van der Waals surface area contributed by atoms with Crippen LogP contribution in [0.5, 0.6) is 0 Å². The third kappa shape index (κ3) is 4.85. The third-order valence-electron chi connectivity index (χ3n) is 3.28. The molecule has 4 nitrogen and oxygen atoms in total. The molecule has 0 saturated heterocycles. The number of ether oxygens (including phenoxy) is 1. The lowest BCUT2D eigenvalue weighted by atomic mass is 10.0. The van der Waals surface area contributed by atoms with E-state index >= 15 is 0 Å². The summed E-state index contributed by atoms with van der Waals surface area (Å²) in [6.45, 7) is 6.02. The van der Waals surface area contributed by atoms with Crippen LogP contribution in [0.4, 0.5) is 4.79 Å². The van der Waals surface area contributed by atoms with E-state index in [2.05, 4.69) is 17.4 Å². The van der Waals surface area contributed by atoms with Gasteiger partial charge < -0.3 is 15.8 Å². The number of alkyl carbamates (subject to hydrolysis) is 1. The normalized spacial score (nSPS) is 16.6. The Morgan fingerprint density at radius 2 is 2.00 bits per heavy atom. The Balaban J connectivity index is 1.86. The second kappa shape index (κ2) is 5.44. The number of carbonyl (C=O) groups is 1. The molecule has 110 valence electrons. The number of rotatable bonds is 4. The zero-order valence-corrected chi connectivity index (χ0v) is 12.5. The number of nitrogens with one attached hydrogen (secondary N) is 1. The second-order valence-electron chi connectivity index (χ2n) is 6.71. The first-order valence-corrected chi connectivity index (χ1v) is 7.09. The van der Waals surface area contributed by atoms with Gasteiger partial charge in [-0.2, -0.15) is 0 Å². The van der Waals surface area contributed by atoms with Crippen LogP contribution in [0.15, 0.2) is 24.3 Å². The number of hydrogen-bond donors (Lipinski definition) is 2. The molecule has 4 heteroatoms. The van der Waals surface area contributed by atoms with Gasteiger partial charge in [-0.25, -0.2) is 4.79 Å². The molecule has 1 aliphatic rings. The van der Waals surface area contributed by atoms with Crippen LogP contribution >= 0.6 is 0 Å². The molecule has 0 heterocycles. The molecule has 0 radical (unpaired) electrons. The lowest BCUT2D eigenvalue weighted by Gasteiger charge is -2.19. The van der Waals surface area contributed by atoms with Gasteiger partial charge in [-0.15, -0.1) is 0 Å². The van der Waals surface area contributed by atoms with Crippen LogP contribution in [0.1, 0.15) is 44.7 Å². The van der Waals surface area contributed by atoms with Crippen LogP contribution in [0.2, 0.25) is 0 Å². The van der Waals surface area contributed by atoms with Gasteiger partial charge in [-0.3, -0.25) is 0 Å². The lowest BCUT2D eigenvalue weighted by molar-refractivity contribution is 0.0523. The first kappa shape index (κ1) is 14.9. The van der Waals surface area contributed by atoms with E-state index in [1.54, 1.807) is 0 Å². The van der Waals surface area contributed by atoms with Crippen molar-refractivity contribution in [3.05, 3.63) is 35.4 Å². The highest BCUT2D eigenvalue weighted by Crippen LogP contribution is 2.35. The predicted molar refractivity (Wildman–Crippen MR) is 79.4 cm³/mol. The summed E-state index contributed by atoms with van der Waals surface area (Å²) in [6.07, 6.45) is 2.73. The molecule has 2 rings (SSSR count). The van der Waals surface area contributed by atoms with Crippen LogP contribution in [0.3, 0.4) is 0 Å². The van der Waals surface area contributed by atoms with Gasteiger partial charge in [0.2, 0.25) is 0 Å². The molecule has 0 atom stereocenters. The van der Waals surface area contributed by atoms with Gasteiger partial charge in [0, 0.05) is 12.1 Å². The van der Waals surface area contributed by atoms with Crippen LogP contribution < -0.4 is 11.1 Å². The van der Waals surface area contributed by atoms with Crippen molar-refractivity contribution < 1.29 is 9.53 Å². The van der Waals surface area contributed by atoms with Crippen molar-refractivity contribution in [2.75, 3.05) is 0 Å². The molecule has 0 bridgehead atoms. The Morgan fingerprint density at radius 3 is 2.60 bits per heavy atom. The van der Waals surface area contributed by atoms with Gasteiger partial charge in [0.25, 0.3) is 0 Å². The van der Waals surface area contributed by atoms with E-state index in [1.165, 1.54) is 5.56 Å². The van der Waals surface area contributed by atoms with Crippen molar-refractivity contribution in [3.8, 4) is 0 Å². The van der Waals surface area contributed by atoms with Gasteiger partial charge in [-0.05, 0) is 51.2 Å².